The molecular weight excluding hydrogens is 292 g/mol. The zero-order valence-corrected chi connectivity index (χ0v) is 13.8. The largest absolute Gasteiger partial charge is 0.497 e. The number of methoxy groups -OCH3 is 3. The van der Waals surface area contributed by atoms with Gasteiger partial charge >= 0.3 is 0 Å². The van der Waals surface area contributed by atoms with E-state index in [2.05, 4.69) is 0 Å². The van der Waals surface area contributed by atoms with E-state index in [1.165, 1.54) is 0 Å². The van der Waals surface area contributed by atoms with Crippen molar-refractivity contribution >= 4 is 11.4 Å². The molecule has 0 N–H and O–H groups in total. The molecule has 0 aromatic heterocycles. The molecule has 4 heteroatoms. The van der Waals surface area contributed by atoms with Gasteiger partial charge in [-0.25, -0.2) is 0 Å². The summed E-state index contributed by atoms with van der Waals surface area (Å²) in [6.07, 6.45) is 1.61. The Morgan fingerprint density at radius 3 is 1.78 bits per heavy atom. The second kappa shape index (κ2) is 7.49. The molecule has 23 heavy (non-hydrogen) atoms. The lowest BCUT2D eigenvalue weighted by Crippen LogP contribution is -1.98. The maximum absolute atomic E-state index is 12.5. The number of benzene rings is 2. The quantitative estimate of drug-likeness (QED) is 0.597. The predicted octanol–water partition coefficient (Wildman–Crippen LogP) is 4.00. The number of hydrogen-bond donors (Lipinski definition) is 0. The van der Waals surface area contributed by atoms with E-state index in [1.54, 1.807) is 45.6 Å². The fraction of sp³-hybridized carbons (Fsp3) is 0.211. The summed E-state index contributed by atoms with van der Waals surface area (Å²) in [5.74, 6) is 1.85. The Kier molecular flexibility index (Phi) is 5.41. The van der Waals surface area contributed by atoms with E-state index in [4.69, 9.17) is 14.2 Å². The lowest BCUT2D eigenvalue weighted by molar-refractivity contribution is 0.104. The van der Waals surface area contributed by atoms with Gasteiger partial charge in [0, 0.05) is 11.6 Å². The minimum Gasteiger partial charge on any atom is -0.497 e. The van der Waals surface area contributed by atoms with E-state index in [0.29, 0.717) is 17.1 Å². The van der Waals surface area contributed by atoms with Crippen molar-refractivity contribution in [2.45, 2.75) is 6.92 Å². The summed E-state index contributed by atoms with van der Waals surface area (Å²) in [7, 11) is 4.74. The molecule has 2 rings (SSSR count). The van der Waals surface area contributed by atoms with E-state index < -0.39 is 0 Å². The van der Waals surface area contributed by atoms with Crippen molar-refractivity contribution in [2.24, 2.45) is 0 Å². The van der Waals surface area contributed by atoms with Crippen LogP contribution < -0.4 is 14.2 Å². The fourth-order valence-electron chi connectivity index (χ4n) is 2.17. The van der Waals surface area contributed by atoms with Gasteiger partial charge < -0.3 is 14.2 Å². The fourth-order valence-corrected chi connectivity index (χ4v) is 2.17. The molecule has 0 heterocycles. The first-order valence-electron chi connectivity index (χ1n) is 7.17. The second-order valence-electron chi connectivity index (χ2n) is 5.02. The number of carbonyl (C=O) groups excluding carboxylic acids is 1. The maximum Gasteiger partial charge on any atom is 0.186 e. The van der Waals surface area contributed by atoms with E-state index in [1.807, 2.05) is 31.2 Å². The van der Waals surface area contributed by atoms with Crippen LogP contribution in [0.4, 0.5) is 0 Å². The van der Waals surface area contributed by atoms with Crippen LogP contribution in [-0.4, -0.2) is 27.1 Å². The van der Waals surface area contributed by atoms with Crippen molar-refractivity contribution in [1.29, 1.82) is 0 Å². The molecule has 0 radical (unpaired) electrons. The molecule has 2 aromatic carbocycles. The SMILES string of the molecule is COc1ccc(C(C)=CC(=O)c2cc(OC)cc(OC)c2)cc1. The van der Waals surface area contributed by atoms with Gasteiger partial charge in [-0.1, -0.05) is 12.1 Å². The molecule has 0 amide bonds. The molecule has 0 aliphatic rings. The van der Waals surface area contributed by atoms with Crippen molar-refractivity contribution < 1.29 is 19.0 Å². The van der Waals surface area contributed by atoms with Crippen molar-refractivity contribution in [3.05, 3.63) is 59.7 Å². The van der Waals surface area contributed by atoms with Crippen molar-refractivity contribution in [3.8, 4) is 17.2 Å². The van der Waals surface area contributed by atoms with Crippen molar-refractivity contribution in [3.63, 3.8) is 0 Å². The van der Waals surface area contributed by atoms with Crippen LogP contribution in [0.5, 0.6) is 17.2 Å². The Bertz CT molecular complexity index is 692. The highest BCUT2D eigenvalue weighted by Gasteiger charge is 2.09. The summed E-state index contributed by atoms with van der Waals surface area (Å²) < 4.78 is 15.5. The molecule has 0 aliphatic heterocycles. The van der Waals surface area contributed by atoms with Crippen LogP contribution in [0.2, 0.25) is 0 Å². The zero-order valence-electron chi connectivity index (χ0n) is 13.8. The number of ether oxygens (including phenoxy) is 3. The molecule has 0 unspecified atom stereocenters. The Morgan fingerprint density at radius 2 is 1.30 bits per heavy atom. The van der Waals surface area contributed by atoms with Gasteiger partial charge in [0.05, 0.1) is 21.3 Å². The van der Waals surface area contributed by atoms with Gasteiger partial charge in [0.2, 0.25) is 0 Å². The highest BCUT2D eigenvalue weighted by Crippen LogP contribution is 2.24. The minimum atomic E-state index is -0.101. The number of ketones is 1. The average Bonchev–Trinajstić information content (AvgIpc) is 2.61. The third-order valence-electron chi connectivity index (χ3n) is 3.53. The second-order valence-corrected chi connectivity index (χ2v) is 5.02. The number of carbonyl (C=O) groups is 1. The molecule has 0 aliphatic carbocycles. The van der Waals surface area contributed by atoms with Crippen LogP contribution in [0.3, 0.4) is 0 Å². The highest BCUT2D eigenvalue weighted by atomic mass is 16.5. The zero-order chi connectivity index (χ0) is 16.8. The van der Waals surface area contributed by atoms with Gasteiger partial charge in [-0.15, -0.1) is 0 Å². The Hall–Kier alpha value is -2.75. The molecule has 0 bridgehead atoms. The molecule has 120 valence electrons. The Labute approximate surface area is 136 Å². The predicted molar refractivity (Wildman–Crippen MR) is 90.5 cm³/mol. The number of hydrogen-bond acceptors (Lipinski definition) is 4. The van der Waals surface area contributed by atoms with Gasteiger partial charge in [-0.2, -0.15) is 0 Å². The lowest BCUT2D eigenvalue weighted by Gasteiger charge is -2.07. The molecule has 0 saturated carbocycles. The first-order chi connectivity index (χ1) is 11.1. The number of allylic oxidation sites excluding steroid dienone is 2. The van der Waals surface area contributed by atoms with Crippen LogP contribution >= 0.6 is 0 Å². The summed E-state index contributed by atoms with van der Waals surface area (Å²) >= 11 is 0. The molecule has 0 fully saturated rings. The van der Waals surface area contributed by atoms with E-state index in [0.717, 1.165) is 16.9 Å². The molecule has 4 nitrogen and oxygen atoms in total. The summed E-state index contributed by atoms with van der Waals surface area (Å²) in [6.45, 7) is 1.90. The van der Waals surface area contributed by atoms with Crippen LogP contribution in [0, 0.1) is 0 Å². The Balaban J connectivity index is 2.28. The summed E-state index contributed by atoms with van der Waals surface area (Å²) in [6, 6.07) is 12.7. The summed E-state index contributed by atoms with van der Waals surface area (Å²) in [5.41, 5.74) is 2.36. The normalized spacial score (nSPS) is 11.0. The van der Waals surface area contributed by atoms with Crippen molar-refractivity contribution in [1.82, 2.24) is 0 Å². The van der Waals surface area contributed by atoms with Gasteiger partial charge in [-0.05, 0) is 48.4 Å². The van der Waals surface area contributed by atoms with Gasteiger partial charge in [-0.3, -0.25) is 4.79 Å². The monoisotopic (exact) mass is 312 g/mol. The minimum absolute atomic E-state index is 0.101. The van der Waals surface area contributed by atoms with Gasteiger partial charge in [0.25, 0.3) is 0 Å². The van der Waals surface area contributed by atoms with Crippen LogP contribution in [-0.2, 0) is 0 Å². The van der Waals surface area contributed by atoms with Gasteiger partial charge in [0.15, 0.2) is 5.78 Å². The third-order valence-corrected chi connectivity index (χ3v) is 3.53. The number of rotatable bonds is 6. The molecule has 0 saturated heterocycles. The first-order valence-corrected chi connectivity index (χ1v) is 7.17. The van der Waals surface area contributed by atoms with E-state index in [-0.39, 0.29) is 5.78 Å². The van der Waals surface area contributed by atoms with Crippen LogP contribution in [0.25, 0.3) is 5.57 Å². The third kappa shape index (κ3) is 4.13. The molecule has 2 aromatic rings. The molecular formula is C19H20O4. The first kappa shape index (κ1) is 16.6. The van der Waals surface area contributed by atoms with E-state index in [9.17, 15) is 4.79 Å². The van der Waals surface area contributed by atoms with Crippen LogP contribution in [0.1, 0.15) is 22.8 Å². The standard InChI is InChI=1S/C19H20O4/c1-13(14-5-7-16(21-2)8-6-14)9-19(20)15-10-17(22-3)12-18(11-15)23-4/h5-12H,1-4H3. The molecule has 0 spiro atoms. The average molecular weight is 312 g/mol. The maximum atomic E-state index is 12.5. The van der Waals surface area contributed by atoms with Crippen LogP contribution in [0.15, 0.2) is 48.5 Å². The summed E-state index contributed by atoms with van der Waals surface area (Å²) in [4.78, 5) is 12.5. The van der Waals surface area contributed by atoms with E-state index >= 15 is 0 Å². The highest BCUT2D eigenvalue weighted by molar-refractivity contribution is 6.08. The molecule has 0 atom stereocenters. The smallest absolute Gasteiger partial charge is 0.186 e. The lowest BCUT2D eigenvalue weighted by atomic mass is 10.0. The summed E-state index contributed by atoms with van der Waals surface area (Å²) in [5, 5.41) is 0. The van der Waals surface area contributed by atoms with Gasteiger partial charge in [0.1, 0.15) is 17.2 Å². The van der Waals surface area contributed by atoms with Crippen molar-refractivity contribution in [2.75, 3.05) is 21.3 Å². The Morgan fingerprint density at radius 1 is 0.783 bits per heavy atom. The topological polar surface area (TPSA) is 44.8 Å².